The summed E-state index contributed by atoms with van der Waals surface area (Å²) in [7, 11) is 0. The highest BCUT2D eigenvalue weighted by Crippen LogP contribution is 2.15. The predicted octanol–water partition coefficient (Wildman–Crippen LogP) is 1.63. The third kappa shape index (κ3) is 2.19. The standard InChI is InChI=1S/C16H14N6O2/c1-10-14(11(2)24-19-10)9-21-16(23)13-8-17-22(15(13)18-20-21)12-6-4-3-5-7-12/h3-8H,9H2,1-2H3. The highest BCUT2D eigenvalue weighted by molar-refractivity contribution is 5.74. The quantitative estimate of drug-likeness (QED) is 0.569. The maximum atomic E-state index is 12.7. The second-order valence-electron chi connectivity index (χ2n) is 5.48. The third-order valence-corrected chi connectivity index (χ3v) is 3.95. The van der Waals surface area contributed by atoms with Crippen molar-refractivity contribution in [3.63, 3.8) is 0 Å². The highest BCUT2D eigenvalue weighted by Gasteiger charge is 2.15. The summed E-state index contributed by atoms with van der Waals surface area (Å²) >= 11 is 0. The molecule has 3 aromatic heterocycles. The van der Waals surface area contributed by atoms with Gasteiger partial charge in [0.05, 0.1) is 24.1 Å². The van der Waals surface area contributed by atoms with E-state index < -0.39 is 0 Å². The molecule has 120 valence electrons. The molecule has 1 aromatic carbocycles. The number of nitrogens with zero attached hydrogens (tertiary/aromatic N) is 6. The van der Waals surface area contributed by atoms with Crippen molar-refractivity contribution in [2.24, 2.45) is 0 Å². The average Bonchev–Trinajstić information content (AvgIpc) is 3.17. The molecule has 0 atom stereocenters. The van der Waals surface area contributed by atoms with Gasteiger partial charge in [-0.25, -0.2) is 9.36 Å². The molecule has 0 spiro atoms. The molecule has 4 rings (SSSR count). The van der Waals surface area contributed by atoms with Crippen LogP contribution in [0.5, 0.6) is 0 Å². The van der Waals surface area contributed by atoms with Gasteiger partial charge in [0.15, 0.2) is 5.65 Å². The second kappa shape index (κ2) is 5.41. The lowest BCUT2D eigenvalue weighted by Gasteiger charge is -2.04. The van der Waals surface area contributed by atoms with Crippen molar-refractivity contribution in [2.45, 2.75) is 20.4 Å². The van der Waals surface area contributed by atoms with Crippen LogP contribution in [0.1, 0.15) is 17.0 Å². The molecule has 0 aliphatic rings. The molecule has 0 aliphatic heterocycles. The summed E-state index contributed by atoms with van der Waals surface area (Å²) in [6, 6.07) is 9.49. The lowest BCUT2D eigenvalue weighted by molar-refractivity contribution is 0.391. The van der Waals surface area contributed by atoms with Crippen LogP contribution in [0.3, 0.4) is 0 Å². The number of hydrogen-bond acceptors (Lipinski definition) is 6. The summed E-state index contributed by atoms with van der Waals surface area (Å²) in [5, 5.41) is 16.8. The largest absolute Gasteiger partial charge is 0.361 e. The van der Waals surface area contributed by atoms with E-state index in [2.05, 4.69) is 20.6 Å². The number of aromatic nitrogens is 6. The fraction of sp³-hybridized carbons (Fsp3) is 0.188. The van der Waals surface area contributed by atoms with E-state index in [4.69, 9.17) is 4.52 Å². The number of benzene rings is 1. The number of fused-ring (bicyclic) bond motifs is 1. The van der Waals surface area contributed by atoms with E-state index >= 15 is 0 Å². The lowest BCUT2D eigenvalue weighted by Crippen LogP contribution is -2.25. The zero-order chi connectivity index (χ0) is 16.7. The molecule has 0 saturated heterocycles. The van der Waals surface area contributed by atoms with Crippen molar-refractivity contribution >= 4 is 11.0 Å². The van der Waals surface area contributed by atoms with Crippen LogP contribution < -0.4 is 5.56 Å². The normalized spacial score (nSPS) is 11.2. The summed E-state index contributed by atoms with van der Waals surface area (Å²) in [6.45, 7) is 3.90. The first-order chi connectivity index (χ1) is 11.6. The fourth-order valence-corrected chi connectivity index (χ4v) is 2.60. The van der Waals surface area contributed by atoms with E-state index in [1.807, 2.05) is 37.3 Å². The molecular weight excluding hydrogens is 308 g/mol. The summed E-state index contributed by atoms with van der Waals surface area (Å²) in [5.74, 6) is 0.668. The Kier molecular flexibility index (Phi) is 3.23. The molecule has 0 amide bonds. The first kappa shape index (κ1) is 14.3. The number of aryl methyl sites for hydroxylation is 2. The third-order valence-electron chi connectivity index (χ3n) is 3.95. The molecule has 0 radical (unpaired) electrons. The van der Waals surface area contributed by atoms with Crippen molar-refractivity contribution in [2.75, 3.05) is 0 Å². The van der Waals surface area contributed by atoms with E-state index in [9.17, 15) is 4.79 Å². The predicted molar refractivity (Wildman–Crippen MR) is 86.0 cm³/mol. The first-order valence-corrected chi connectivity index (χ1v) is 7.44. The Morgan fingerprint density at radius 3 is 2.67 bits per heavy atom. The Morgan fingerprint density at radius 1 is 1.17 bits per heavy atom. The van der Waals surface area contributed by atoms with Gasteiger partial charge in [-0.1, -0.05) is 28.6 Å². The van der Waals surface area contributed by atoms with Gasteiger partial charge in [0.1, 0.15) is 11.1 Å². The molecule has 0 unspecified atom stereocenters. The van der Waals surface area contributed by atoms with Crippen LogP contribution in [-0.4, -0.2) is 29.9 Å². The Bertz CT molecular complexity index is 1060. The Morgan fingerprint density at radius 2 is 1.96 bits per heavy atom. The van der Waals surface area contributed by atoms with Crippen LogP contribution in [0, 0.1) is 13.8 Å². The molecule has 24 heavy (non-hydrogen) atoms. The molecular formula is C16H14N6O2. The minimum absolute atomic E-state index is 0.248. The van der Waals surface area contributed by atoms with E-state index in [-0.39, 0.29) is 12.1 Å². The van der Waals surface area contributed by atoms with Crippen LogP contribution in [0.25, 0.3) is 16.7 Å². The minimum Gasteiger partial charge on any atom is -0.361 e. The van der Waals surface area contributed by atoms with Gasteiger partial charge in [-0.05, 0) is 26.0 Å². The van der Waals surface area contributed by atoms with Crippen molar-refractivity contribution in [3.05, 3.63) is 63.9 Å². The lowest BCUT2D eigenvalue weighted by atomic mass is 10.2. The molecule has 3 heterocycles. The highest BCUT2D eigenvalue weighted by atomic mass is 16.5. The van der Waals surface area contributed by atoms with Crippen molar-refractivity contribution in [1.29, 1.82) is 0 Å². The Labute approximate surface area is 136 Å². The SMILES string of the molecule is Cc1noc(C)c1Cn1nnc2c(cnn2-c2ccccc2)c1=O. The Balaban J connectivity index is 1.81. The van der Waals surface area contributed by atoms with Gasteiger partial charge >= 0.3 is 0 Å². The maximum Gasteiger partial charge on any atom is 0.281 e. The summed E-state index contributed by atoms with van der Waals surface area (Å²) < 4.78 is 8.03. The van der Waals surface area contributed by atoms with Crippen LogP contribution in [0.4, 0.5) is 0 Å². The summed E-state index contributed by atoms with van der Waals surface area (Å²) in [4.78, 5) is 12.7. The van der Waals surface area contributed by atoms with Gasteiger partial charge in [0, 0.05) is 5.56 Å². The molecule has 4 aromatic rings. The smallest absolute Gasteiger partial charge is 0.281 e. The number of para-hydroxylation sites is 1. The number of rotatable bonds is 3. The van der Waals surface area contributed by atoms with Crippen LogP contribution in [0.15, 0.2) is 45.8 Å². The van der Waals surface area contributed by atoms with Gasteiger partial charge in [-0.15, -0.1) is 5.10 Å². The van der Waals surface area contributed by atoms with E-state index in [0.29, 0.717) is 16.8 Å². The Hall–Kier alpha value is -3.29. The van der Waals surface area contributed by atoms with Crippen LogP contribution in [0.2, 0.25) is 0 Å². The molecule has 0 fully saturated rings. The monoisotopic (exact) mass is 322 g/mol. The molecule has 0 bridgehead atoms. The second-order valence-corrected chi connectivity index (χ2v) is 5.48. The van der Waals surface area contributed by atoms with Gasteiger partial charge in [-0.3, -0.25) is 4.79 Å². The van der Waals surface area contributed by atoms with Crippen molar-refractivity contribution in [3.8, 4) is 5.69 Å². The molecule has 0 N–H and O–H groups in total. The molecule has 0 aliphatic carbocycles. The van der Waals surface area contributed by atoms with Crippen LogP contribution in [-0.2, 0) is 6.54 Å². The topological polar surface area (TPSA) is 91.6 Å². The summed E-state index contributed by atoms with van der Waals surface area (Å²) in [6.07, 6.45) is 1.52. The zero-order valence-electron chi connectivity index (χ0n) is 13.2. The first-order valence-electron chi connectivity index (χ1n) is 7.44. The van der Waals surface area contributed by atoms with E-state index in [1.54, 1.807) is 11.6 Å². The van der Waals surface area contributed by atoms with E-state index in [1.165, 1.54) is 10.9 Å². The van der Waals surface area contributed by atoms with E-state index in [0.717, 1.165) is 16.9 Å². The number of hydrogen-bond donors (Lipinski definition) is 0. The van der Waals surface area contributed by atoms with Gasteiger partial charge in [0.25, 0.3) is 5.56 Å². The maximum absolute atomic E-state index is 12.7. The fourth-order valence-electron chi connectivity index (χ4n) is 2.60. The zero-order valence-corrected chi connectivity index (χ0v) is 13.2. The average molecular weight is 322 g/mol. The minimum atomic E-state index is -0.248. The molecule has 8 nitrogen and oxygen atoms in total. The molecule has 0 saturated carbocycles. The van der Waals surface area contributed by atoms with Crippen LogP contribution >= 0.6 is 0 Å². The van der Waals surface area contributed by atoms with Crippen molar-refractivity contribution in [1.82, 2.24) is 29.9 Å². The van der Waals surface area contributed by atoms with Gasteiger partial charge < -0.3 is 4.52 Å². The van der Waals surface area contributed by atoms with Gasteiger partial charge in [-0.2, -0.15) is 5.10 Å². The van der Waals surface area contributed by atoms with Crippen molar-refractivity contribution < 1.29 is 4.52 Å². The van der Waals surface area contributed by atoms with Gasteiger partial charge in [0.2, 0.25) is 0 Å². The summed E-state index contributed by atoms with van der Waals surface area (Å²) in [5.41, 5.74) is 2.58. The molecule has 8 heteroatoms.